The van der Waals surface area contributed by atoms with Crippen molar-refractivity contribution in [2.75, 3.05) is 11.9 Å². The SMILES string of the molecule is Cc1ccc(CCC(=O)Nc2ccc3c(c2)CN(C(=O)c2cc[n+]([O-])cc2)CC3)cc1. The van der Waals surface area contributed by atoms with E-state index < -0.39 is 0 Å². The van der Waals surface area contributed by atoms with Crippen molar-refractivity contribution in [3.8, 4) is 0 Å². The molecule has 0 saturated carbocycles. The number of rotatable bonds is 5. The fourth-order valence-corrected chi connectivity index (χ4v) is 3.78. The van der Waals surface area contributed by atoms with Gasteiger partial charge in [-0.15, -0.1) is 0 Å². The van der Waals surface area contributed by atoms with Crippen molar-refractivity contribution in [2.24, 2.45) is 0 Å². The minimum Gasteiger partial charge on any atom is -0.619 e. The highest BCUT2D eigenvalue weighted by Gasteiger charge is 2.22. The van der Waals surface area contributed by atoms with Crippen molar-refractivity contribution in [2.45, 2.75) is 32.7 Å². The largest absolute Gasteiger partial charge is 0.619 e. The molecule has 1 aliphatic rings. The number of carbonyl (C=O) groups is 2. The molecule has 158 valence electrons. The molecule has 2 heterocycles. The van der Waals surface area contributed by atoms with Crippen LogP contribution in [0.25, 0.3) is 0 Å². The summed E-state index contributed by atoms with van der Waals surface area (Å²) in [6.07, 6.45) is 4.53. The first-order valence-electron chi connectivity index (χ1n) is 10.4. The van der Waals surface area contributed by atoms with Gasteiger partial charge in [0.05, 0.1) is 5.56 Å². The number of anilines is 1. The molecule has 0 bridgehead atoms. The number of carbonyl (C=O) groups excluding carboxylic acids is 2. The molecule has 0 atom stereocenters. The van der Waals surface area contributed by atoms with Crippen LogP contribution in [0.3, 0.4) is 0 Å². The minimum absolute atomic E-state index is 0.0283. The average Bonchev–Trinajstić information content (AvgIpc) is 2.78. The highest BCUT2D eigenvalue weighted by Crippen LogP contribution is 2.24. The Bertz CT molecular complexity index is 1090. The molecule has 4 rings (SSSR count). The normalized spacial score (nSPS) is 12.9. The Morgan fingerprint density at radius 2 is 1.77 bits per heavy atom. The van der Waals surface area contributed by atoms with Gasteiger partial charge in [0.15, 0.2) is 12.4 Å². The standard InChI is InChI=1S/C25H25N3O3/c1-18-2-4-19(5-3-18)6-9-24(29)26-23-8-7-20-10-13-27(17-22(20)16-23)25(30)21-11-14-28(31)15-12-21/h2-5,7-8,11-12,14-16H,6,9-10,13,17H2,1H3,(H,26,29). The number of nitrogens with zero attached hydrogens (tertiary/aromatic N) is 2. The van der Waals surface area contributed by atoms with Gasteiger partial charge in [0, 0.05) is 37.3 Å². The third-order valence-electron chi connectivity index (χ3n) is 5.60. The molecule has 0 aliphatic carbocycles. The lowest BCUT2D eigenvalue weighted by molar-refractivity contribution is -0.605. The first-order chi connectivity index (χ1) is 15.0. The number of pyridine rings is 1. The summed E-state index contributed by atoms with van der Waals surface area (Å²) in [6, 6.07) is 17.2. The van der Waals surface area contributed by atoms with E-state index in [1.165, 1.54) is 35.7 Å². The highest BCUT2D eigenvalue weighted by molar-refractivity contribution is 5.94. The molecule has 1 aromatic heterocycles. The van der Waals surface area contributed by atoms with E-state index >= 15 is 0 Å². The zero-order valence-corrected chi connectivity index (χ0v) is 17.5. The number of aromatic nitrogens is 1. The molecule has 0 radical (unpaired) electrons. The lowest BCUT2D eigenvalue weighted by Crippen LogP contribution is -2.36. The van der Waals surface area contributed by atoms with Crippen LogP contribution < -0.4 is 10.0 Å². The molecule has 6 nitrogen and oxygen atoms in total. The van der Waals surface area contributed by atoms with E-state index in [9.17, 15) is 14.8 Å². The van der Waals surface area contributed by atoms with Crippen LogP contribution in [0.15, 0.2) is 67.0 Å². The molecule has 1 aliphatic heterocycles. The van der Waals surface area contributed by atoms with Gasteiger partial charge < -0.3 is 15.4 Å². The molecule has 0 saturated heterocycles. The Morgan fingerprint density at radius 3 is 2.52 bits per heavy atom. The molecular formula is C25H25N3O3. The van der Waals surface area contributed by atoms with Crippen molar-refractivity contribution in [1.82, 2.24) is 4.90 Å². The molecule has 3 aromatic rings. The second-order valence-electron chi connectivity index (χ2n) is 7.94. The first kappa shape index (κ1) is 20.6. The predicted molar refractivity (Wildman–Crippen MR) is 118 cm³/mol. The van der Waals surface area contributed by atoms with Crippen LogP contribution >= 0.6 is 0 Å². The predicted octanol–water partition coefficient (Wildman–Crippen LogP) is 3.40. The summed E-state index contributed by atoms with van der Waals surface area (Å²) in [5.41, 5.74) is 5.81. The second kappa shape index (κ2) is 9.00. The van der Waals surface area contributed by atoms with Crippen molar-refractivity contribution < 1.29 is 14.3 Å². The molecular weight excluding hydrogens is 390 g/mol. The van der Waals surface area contributed by atoms with E-state index in [-0.39, 0.29) is 11.8 Å². The molecule has 0 unspecified atom stereocenters. The number of hydrogen-bond donors (Lipinski definition) is 1. The van der Waals surface area contributed by atoms with Gasteiger partial charge in [-0.2, -0.15) is 4.73 Å². The number of fused-ring (bicyclic) bond motifs is 1. The topological polar surface area (TPSA) is 76.4 Å². The van der Waals surface area contributed by atoms with Crippen LogP contribution in [0, 0.1) is 12.1 Å². The maximum atomic E-state index is 12.8. The monoisotopic (exact) mass is 415 g/mol. The van der Waals surface area contributed by atoms with Gasteiger partial charge in [-0.3, -0.25) is 9.59 Å². The molecule has 2 amide bonds. The molecule has 0 spiro atoms. The zero-order valence-electron chi connectivity index (χ0n) is 17.5. The summed E-state index contributed by atoms with van der Waals surface area (Å²) >= 11 is 0. The Morgan fingerprint density at radius 1 is 1.03 bits per heavy atom. The first-order valence-corrected chi connectivity index (χ1v) is 10.4. The van der Waals surface area contributed by atoms with Gasteiger partial charge in [0.1, 0.15) is 0 Å². The molecule has 0 fully saturated rings. The third kappa shape index (κ3) is 5.09. The summed E-state index contributed by atoms with van der Waals surface area (Å²) in [4.78, 5) is 26.9. The molecule has 6 heteroatoms. The van der Waals surface area contributed by atoms with E-state index in [2.05, 4.69) is 29.6 Å². The van der Waals surface area contributed by atoms with Gasteiger partial charge >= 0.3 is 0 Å². The fraction of sp³-hybridized carbons (Fsp3) is 0.240. The van der Waals surface area contributed by atoms with E-state index in [1.807, 2.05) is 25.1 Å². The zero-order chi connectivity index (χ0) is 21.8. The van der Waals surface area contributed by atoms with E-state index in [0.717, 1.165) is 23.2 Å². The number of nitrogens with one attached hydrogen (secondary N) is 1. The van der Waals surface area contributed by atoms with Crippen molar-refractivity contribution in [1.29, 1.82) is 0 Å². The second-order valence-corrected chi connectivity index (χ2v) is 7.94. The molecule has 31 heavy (non-hydrogen) atoms. The Balaban J connectivity index is 1.38. The van der Waals surface area contributed by atoms with Crippen molar-refractivity contribution in [3.05, 3.63) is 100 Å². The van der Waals surface area contributed by atoms with Gasteiger partial charge in [0.25, 0.3) is 5.91 Å². The maximum Gasteiger partial charge on any atom is 0.254 e. The summed E-state index contributed by atoms with van der Waals surface area (Å²) in [5.74, 6) is -0.127. The summed E-state index contributed by atoms with van der Waals surface area (Å²) < 4.78 is 0.663. The van der Waals surface area contributed by atoms with E-state index in [0.29, 0.717) is 36.2 Å². The third-order valence-corrected chi connectivity index (χ3v) is 5.60. The lowest BCUT2D eigenvalue weighted by atomic mass is 9.98. The number of aryl methyl sites for hydroxylation is 2. The van der Waals surface area contributed by atoms with Crippen LogP contribution in [-0.2, 0) is 24.2 Å². The minimum atomic E-state index is -0.0983. The number of hydrogen-bond acceptors (Lipinski definition) is 3. The fourth-order valence-electron chi connectivity index (χ4n) is 3.78. The molecule has 2 aromatic carbocycles. The van der Waals surface area contributed by atoms with Crippen LogP contribution in [-0.4, -0.2) is 23.3 Å². The van der Waals surface area contributed by atoms with Crippen LogP contribution in [0.2, 0.25) is 0 Å². The Hall–Kier alpha value is -3.67. The van der Waals surface area contributed by atoms with Crippen LogP contribution in [0.5, 0.6) is 0 Å². The average molecular weight is 415 g/mol. The summed E-state index contributed by atoms with van der Waals surface area (Å²) in [5, 5.41) is 14.2. The van der Waals surface area contributed by atoms with Crippen molar-refractivity contribution >= 4 is 17.5 Å². The maximum absolute atomic E-state index is 12.8. The molecule has 1 N–H and O–H groups in total. The van der Waals surface area contributed by atoms with E-state index in [4.69, 9.17) is 0 Å². The lowest BCUT2D eigenvalue weighted by Gasteiger charge is -2.29. The summed E-state index contributed by atoms with van der Waals surface area (Å²) in [6.45, 7) is 3.15. The van der Waals surface area contributed by atoms with Gasteiger partial charge in [-0.1, -0.05) is 35.9 Å². The van der Waals surface area contributed by atoms with Gasteiger partial charge in [-0.05, 0) is 48.6 Å². The number of benzene rings is 2. The Kier molecular flexibility index (Phi) is 5.98. The van der Waals surface area contributed by atoms with Crippen LogP contribution in [0.1, 0.15) is 39.0 Å². The van der Waals surface area contributed by atoms with E-state index in [1.54, 1.807) is 4.90 Å². The quantitative estimate of drug-likeness (QED) is 0.513. The smallest absolute Gasteiger partial charge is 0.254 e. The Labute approximate surface area is 181 Å². The number of amides is 2. The highest BCUT2D eigenvalue weighted by atomic mass is 16.5. The summed E-state index contributed by atoms with van der Waals surface area (Å²) in [7, 11) is 0. The van der Waals surface area contributed by atoms with Gasteiger partial charge in [-0.25, -0.2) is 0 Å². The van der Waals surface area contributed by atoms with Gasteiger partial charge in [0.2, 0.25) is 5.91 Å². The van der Waals surface area contributed by atoms with Crippen molar-refractivity contribution in [3.63, 3.8) is 0 Å². The van der Waals surface area contributed by atoms with Crippen LogP contribution in [0.4, 0.5) is 5.69 Å².